The highest BCUT2D eigenvalue weighted by Crippen LogP contribution is 2.36. The van der Waals surface area contributed by atoms with Crippen molar-refractivity contribution < 1.29 is 19.0 Å². The van der Waals surface area contributed by atoms with Gasteiger partial charge in [-0.25, -0.2) is 0 Å². The molecule has 0 bridgehead atoms. The lowest BCUT2D eigenvalue weighted by atomic mass is 10.1. The van der Waals surface area contributed by atoms with Crippen molar-refractivity contribution in [2.45, 2.75) is 20.1 Å². The Kier molecular flexibility index (Phi) is 11.4. The van der Waals surface area contributed by atoms with Crippen molar-refractivity contribution in [2.24, 2.45) is 0 Å². The maximum absolute atomic E-state index is 12.9. The van der Waals surface area contributed by atoms with Gasteiger partial charge in [0.25, 0.3) is 5.91 Å². The molecule has 0 radical (unpaired) electrons. The number of nitriles is 1. The zero-order chi connectivity index (χ0) is 30.1. The molecule has 4 aromatic carbocycles. The topological polar surface area (TPSA) is 80.6 Å². The normalized spacial score (nSPS) is 11.0. The lowest BCUT2D eigenvalue weighted by molar-refractivity contribution is -0.112. The first kappa shape index (κ1) is 31.5. The monoisotopic (exact) mass is 732 g/mol. The molecule has 0 saturated carbocycles. The third kappa shape index (κ3) is 8.79. The summed E-state index contributed by atoms with van der Waals surface area (Å²) in [5.74, 6) is 1.11. The third-order valence-corrected chi connectivity index (χ3v) is 7.42. The SMILES string of the molecule is CCOc1cc(/C=C(\C#N)C(=O)Nc2ccc(OCc3ccc(Cl)cc3Cl)cc2)cc(I)c1OCc1cccc(Cl)c1. The smallest absolute Gasteiger partial charge is 0.266 e. The van der Waals surface area contributed by atoms with E-state index >= 15 is 0 Å². The summed E-state index contributed by atoms with van der Waals surface area (Å²) in [4.78, 5) is 12.9. The minimum atomic E-state index is -0.548. The number of nitrogens with one attached hydrogen (secondary N) is 1. The summed E-state index contributed by atoms with van der Waals surface area (Å²) in [5.41, 5.74) is 2.77. The van der Waals surface area contributed by atoms with Crippen molar-refractivity contribution >= 4 is 75.1 Å². The van der Waals surface area contributed by atoms with Gasteiger partial charge in [0.1, 0.15) is 30.6 Å². The fourth-order valence-electron chi connectivity index (χ4n) is 3.80. The molecule has 0 heterocycles. The number of amides is 1. The van der Waals surface area contributed by atoms with Gasteiger partial charge in [0.2, 0.25) is 0 Å². The molecule has 1 N–H and O–H groups in total. The second-order valence-corrected chi connectivity index (χ2v) is 11.3. The van der Waals surface area contributed by atoms with E-state index in [0.717, 1.165) is 14.7 Å². The van der Waals surface area contributed by atoms with Crippen molar-refractivity contribution in [3.63, 3.8) is 0 Å². The van der Waals surface area contributed by atoms with Crippen molar-refractivity contribution in [2.75, 3.05) is 11.9 Å². The zero-order valence-corrected chi connectivity index (χ0v) is 26.7. The molecule has 0 spiro atoms. The second-order valence-electron chi connectivity index (χ2n) is 8.85. The van der Waals surface area contributed by atoms with E-state index in [1.807, 2.05) is 37.3 Å². The van der Waals surface area contributed by atoms with Crippen molar-refractivity contribution in [3.05, 3.63) is 120 Å². The number of nitrogens with zero attached hydrogens (tertiary/aromatic N) is 1. The van der Waals surface area contributed by atoms with Crippen LogP contribution in [0.25, 0.3) is 6.08 Å². The summed E-state index contributed by atoms with van der Waals surface area (Å²) in [6.07, 6.45) is 1.51. The number of halogens is 4. The number of hydrogen-bond acceptors (Lipinski definition) is 5. The van der Waals surface area contributed by atoms with Gasteiger partial charge in [0, 0.05) is 26.3 Å². The Morgan fingerprint density at radius 3 is 2.38 bits per heavy atom. The van der Waals surface area contributed by atoms with E-state index in [-0.39, 0.29) is 12.2 Å². The van der Waals surface area contributed by atoms with Gasteiger partial charge >= 0.3 is 0 Å². The maximum atomic E-state index is 12.9. The summed E-state index contributed by atoms with van der Waals surface area (Å²) < 4.78 is 18.4. The van der Waals surface area contributed by atoms with Gasteiger partial charge in [-0.05, 0) is 107 Å². The summed E-state index contributed by atoms with van der Waals surface area (Å²) in [5, 5.41) is 14.2. The molecule has 214 valence electrons. The van der Waals surface area contributed by atoms with E-state index in [1.165, 1.54) is 6.08 Å². The molecule has 0 aromatic heterocycles. The molecular formula is C32H24Cl3IN2O4. The zero-order valence-electron chi connectivity index (χ0n) is 22.3. The van der Waals surface area contributed by atoms with E-state index in [1.54, 1.807) is 54.6 Å². The minimum absolute atomic E-state index is 0.0708. The van der Waals surface area contributed by atoms with Gasteiger partial charge in [0.15, 0.2) is 11.5 Å². The predicted molar refractivity (Wildman–Crippen MR) is 176 cm³/mol. The number of hydrogen-bond donors (Lipinski definition) is 1. The van der Waals surface area contributed by atoms with Crippen LogP contribution >= 0.6 is 57.4 Å². The fourth-order valence-corrected chi connectivity index (χ4v) is 5.26. The molecule has 0 saturated heterocycles. The Hall–Kier alpha value is -3.42. The molecule has 0 atom stereocenters. The molecule has 4 rings (SSSR count). The van der Waals surface area contributed by atoms with Gasteiger partial charge < -0.3 is 19.5 Å². The third-order valence-electron chi connectivity index (χ3n) is 5.80. The Balaban J connectivity index is 1.43. The predicted octanol–water partition coefficient (Wildman–Crippen LogP) is 9.35. The minimum Gasteiger partial charge on any atom is -0.490 e. The fraction of sp³-hybridized carbons (Fsp3) is 0.125. The van der Waals surface area contributed by atoms with Crippen LogP contribution in [0.2, 0.25) is 15.1 Å². The van der Waals surface area contributed by atoms with Crippen molar-refractivity contribution in [1.82, 2.24) is 0 Å². The Bertz CT molecular complexity index is 1650. The number of ether oxygens (including phenoxy) is 3. The maximum Gasteiger partial charge on any atom is 0.266 e. The van der Waals surface area contributed by atoms with Crippen LogP contribution in [0, 0.1) is 14.9 Å². The second kappa shape index (κ2) is 15.2. The van der Waals surface area contributed by atoms with Crippen LogP contribution in [0.4, 0.5) is 5.69 Å². The number of rotatable bonds is 11. The van der Waals surface area contributed by atoms with Crippen LogP contribution < -0.4 is 19.5 Å². The summed E-state index contributed by atoms with van der Waals surface area (Å²) >= 11 is 20.4. The molecule has 0 aliphatic rings. The number of carbonyl (C=O) groups is 1. The van der Waals surface area contributed by atoms with E-state index in [2.05, 4.69) is 27.9 Å². The largest absolute Gasteiger partial charge is 0.490 e. The first-order valence-electron chi connectivity index (χ1n) is 12.7. The number of anilines is 1. The standard InChI is InChI=1S/C32H24Cl3IN2O4/c1-2-40-30-15-21(14-29(36)31(30)42-18-20-4-3-5-24(33)13-20)12-23(17-37)32(39)38-26-8-10-27(11-9-26)41-19-22-6-7-25(34)16-28(22)35/h3-16H,2,18-19H2,1H3,(H,38,39)/b23-12+. The van der Waals surface area contributed by atoms with E-state index < -0.39 is 5.91 Å². The Labute approximate surface area is 272 Å². The Morgan fingerprint density at radius 2 is 1.69 bits per heavy atom. The average Bonchev–Trinajstić information content (AvgIpc) is 2.96. The average molecular weight is 734 g/mol. The summed E-state index contributed by atoms with van der Waals surface area (Å²) in [6.45, 7) is 2.84. The van der Waals surface area contributed by atoms with Crippen LogP contribution in [-0.4, -0.2) is 12.5 Å². The van der Waals surface area contributed by atoms with Crippen LogP contribution in [0.15, 0.2) is 84.4 Å². The molecule has 10 heteroatoms. The van der Waals surface area contributed by atoms with E-state index in [9.17, 15) is 10.1 Å². The van der Waals surface area contributed by atoms with Crippen molar-refractivity contribution in [1.29, 1.82) is 5.26 Å². The number of carbonyl (C=O) groups excluding carboxylic acids is 1. The van der Waals surface area contributed by atoms with Crippen LogP contribution in [-0.2, 0) is 18.0 Å². The lowest BCUT2D eigenvalue weighted by Crippen LogP contribution is -2.13. The van der Waals surface area contributed by atoms with Gasteiger partial charge in [-0.15, -0.1) is 0 Å². The van der Waals surface area contributed by atoms with E-state index in [4.69, 9.17) is 49.0 Å². The highest BCUT2D eigenvalue weighted by Gasteiger charge is 2.15. The number of benzene rings is 4. The molecule has 1 amide bonds. The van der Waals surface area contributed by atoms with E-state index in [0.29, 0.717) is 56.8 Å². The van der Waals surface area contributed by atoms with Crippen molar-refractivity contribution in [3.8, 4) is 23.3 Å². The van der Waals surface area contributed by atoms with Gasteiger partial charge in [0.05, 0.1) is 10.2 Å². The van der Waals surface area contributed by atoms with Crippen LogP contribution in [0.5, 0.6) is 17.2 Å². The van der Waals surface area contributed by atoms with Crippen LogP contribution in [0.3, 0.4) is 0 Å². The highest BCUT2D eigenvalue weighted by atomic mass is 127. The van der Waals surface area contributed by atoms with Gasteiger partial charge in [-0.1, -0.05) is 53.0 Å². The van der Waals surface area contributed by atoms with Gasteiger partial charge in [-0.2, -0.15) is 5.26 Å². The molecule has 0 aliphatic heterocycles. The highest BCUT2D eigenvalue weighted by molar-refractivity contribution is 14.1. The first-order valence-corrected chi connectivity index (χ1v) is 14.9. The summed E-state index contributed by atoms with van der Waals surface area (Å²) in [6, 6.07) is 25.0. The Morgan fingerprint density at radius 1 is 0.929 bits per heavy atom. The first-order chi connectivity index (χ1) is 20.2. The summed E-state index contributed by atoms with van der Waals surface area (Å²) in [7, 11) is 0. The molecular weight excluding hydrogens is 710 g/mol. The molecule has 42 heavy (non-hydrogen) atoms. The molecule has 0 fully saturated rings. The quantitative estimate of drug-likeness (QED) is 0.0945. The van der Waals surface area contributed by atoms with Gasteiger partial charge in [-0.3, -0.25) is 4.79 Å². The lowest BCUT2D eigenvalue weighted by Gasteiger charge is -2.15. The molecule has 0 aliphatic carbocycles. The molecule has 6 nitrogen and oxygen atoms in total. The molecule has 0 unspecified atom stereocenters. The molecule has 4 aromatic rings. The van der Waals surface area contributed by atoms with Crippen LogP contribution in [0.1, 0.15) is 23.6 Å².